The lowest BCUT2D eigenvalue weighted by Gasteiger charge is -2.47. The lowest BCUT2D eigenvalue weighted by molar-refractivity contribution is -0.155. The second kappa shape index (κ2) is 5.51. The molecule has 0 aromatic carbocycles. The molecule has 4 heteroatoms. The van der Waals surface area contributed by atoms with Gasteiger partial charge in [-0.15, -0.1) is 0 Å². The summed E-state index contributed by atoms with van der Waals surface area (Å²) in [6.45, 7) is 14.2. The number of nitrogens with zero attached hydrogens (tertiary/aromatic N) is 1. The van der Waals surface area contributed by atoms with E-state index in [0.717, 1.165) is 0 Å². The Balaban J connectivity index is 3.13. The summed E-state index contributed by atoms with van der Waals surface area (Å²) in [4.78, 5) is 26.7. The molecule has 1 N–H and O–H groups in total. The van der Waals surface area contributed by atoms with Crippen LogP contribution in [0.15, 0.2) is 0 Å². The minimum absolute atomic E-state index is 0.0168. The number of carbonyl (C=O) groups is 2. The summed E-state index contributed by atoms with van der Waals surface area (Å²) < 4.78 is 0. The maximum atomic E-state index is 12.7. The van der Waals surface area contributed by atoms with Crippen LogP contribution in [0.2, 0.25) is 0 Å². The molecule has 1 aliphatic heterocycles. The molecule has 0 bridgehead atoms. The summed E-state index contributed by atoms with van der Waals surface area (Å²) in [6.07, 6.45) is 0.656. The normalized spacial score (nSPS) is 26.6. The highest BCUT2D eigenvalue weighted by Gasteiger charge is 2.45. The molecule has 4 nitrogen and oxygen atoms in total. The van der Waals surface area contributed by atoms with E-state index < -0.39 is 0 Å². The smallest absolute Gasteiger partial charge is 0.246 e. The molecule has 0 aromatic rings. The fourth-order valence-corrected chi connectivity index (χ4v) is 2.46. The average molecular weight is 268 g/mol. The van der Waals surface area contributed by atoms with Crippen LogP contribution in [0, 0.1) is 11.3 Å². The van der Waals surface area contributed by atoms with Crippen molar-refractivity contribution in [3.05, 3.63) is 0 Å². The quantitative estimate of drug-likeness (QED) is 0.853. The highest BCUT2D eigenvalue weighted by molar-refractivity contribution is 5.97. The molecule has 2 amide bonds. The third-order valence-electron chi connectivity index (χ3n) is 4.18. The predicted molar refractivity (Wildman–Crippen MR) is 76.6 cm³/mol. The van der Waals surface area contributed by atoms with E-state index in [4.69, 9.17) is 0 Å². The van der Waals surface area contributed by atoms with Gasteiger partial charge >= 0.3 is 0 Å². The fourth-order valence-electron chi connectivity index (χ4n) is 2.46. The molecular weight excluding hydrogens is 240 g/mol. The Hall–Kier alpha value is -1.06. The molecule has 0 aliphatic carbocycles. The number of nitrogens with one attached hydrogen (secondary N) is 1. The minimum atomic E-state index is -0.389. The zero-order chi connectivity index (χ0) is 15.0. The van der Waals surface area contributed by atoms with Gasteiger partial charge in [-0.25, -0.2) is 0 Å². The molecule has 0 aromatic heterocycles. The summed E-state index contributed by atoms with van der Waals surface area (Å²) in [5.41, 5.74) is -0.0395. The number of rotatable bonds is 3. The predicted octanol–water partition coefficient (Wildman–Crippen LogP) is 2.18. The van der Waals surface area contributed by atoms with Crippen LogP contribution in [-0.4, -0.2) is 34.8 Å². The van der Waals surface area contributed by atoms with Crippen molar-refractivity contribution >= 4 is 11.8 Å². The van der Waals surface area contributed by atoms with E-state index in [1.54, 1.807) is 0 Å². The molecule has 3 unspecified atom stereocenters. The molecule has 1 saturated heterocycles. The van der Waals surface area contributed by atoms with Crippen LogP contribution < -0.4 is 5.32 Å². The molecule has 19 heavy (non-hydrogen) atoms. The summed E-state index contributed by atoms with van der Waals surface area (Å²) >= 11 is 0. The van der Waals surface area contributed by atoms with Gasteiger partial charge in [-0.3, -0.25) is 9.59 Å². The second-order valence-corrected chi connectivity index (χ2v) is 6.94. The van der Waals surface area contributed by atoms with Crippen LogP contribution in [0.25, 0.3) is 0 Å². The van der Waals surface area contributed by atoms with Crippen LogP contribution in [0.1, 0.15) is 54.9 Å². The number of piperazine rings is 1. The van der Waals surface area contributed by atoms with Gasteiger partial charge in [-0.1, -0.05) is 41.5 Å². The summed E-state index contributed by atoms with van der Waals surface area (Å²) in [5.74, 6) is 0.157. The van der Waals surface area contributed by atoms with Gasteiger partial charge < -0.3 is 10.2 Å². The van der Waals surface area contributed by atoms with Gasteiger partial charge in [0.25, 0.3) is 0 Å². The van der Waals surface area contributed by atoms with E-state index in [9.17, 15) is 9.59 Å². The van der Waals surface area contributed by atoms with Gasteiger partial charge in [0.05, 0.1) is 0 Å². The summed E-state index contributed by atoms with van der Waals surface area (Å²) in [5, 5.41) is 2.87. The Kier molecular flexibility index (Phi) is 4.64. The Bertz CT molecular complexity index is 358. The van der Waals surface area contributed by atoms with Crippen LogP contribution in [0.3, 0.4) is 0 Å². The third-order valence-corrected chi connectivity index (χ3v) is 4.18. The lowest BCUT2D eigenvalue weighted by Crippen LogP contribution is -2.67. The zero-order valence-corrected chi connectivity index (χ0v) is 13.3. The largest absolute Gasteiger partial charge is 0.342 e. The summed E-state index contributed by atoms with van der Waals surface area (Å²) in [6, 6.07) is -0.686. The van der Waals surface area contributed by atoms with Crippen molar-refractivity contribution in [3.63, 3.8) is 0 Å². The van der Waals surface area contributed by atoms with E-state index in [1.165, 1.54) is 0 Å². The SMILES string of the molecule is CCC1C(=O)NC(C(C)C)C(=O)N1C(C)C(C)(C)C. The van der Waals surface area contributed by atoms with Gasteiger partial charge in [0.15, 0.2) is 0 Å². The number of hydrogen-bond acceptors (Lipinski definition) is 2. The lowest BCUT2D eigenvalue weighted by atomic mass is 9.84. The Labute approximate surface area is 116 Å². The van der Waals surface area contributed by atoms with Gasteiger partial charge in [0.2, 0.25) is 11.8 Å². The van der Waals surface area contributed by atoms with E-state index in [1.807, 2.05) is 32.6 Å². The first kappa shape index (κ1) is 16.0. The zero-order valence-electron chi connectivity index (χ0n) is 13.3. The van der Waals surface area contributed by atoms with Crippen molar-refractivity contribution in [2.45, 2.75) is 73.0 Å². The van der Waals surface area contributed by atoms with Crippen LogP contribution in [-0.2, 0) is 9.59 Å². The van der Waals surface area contributed by atoms with E-state index in [0.29, 0.717) is 6.42 Å². The first-order chi connectivity index (χ1) is 8.61. The van der Waals surface area contributed by atoms with E-state index in [2.05, 4.69) is 26.1 Å². The van der Waals surface area contributed by atoms with Crippen molar-refractivity contribution in [1.82, 2.24) is 10.2 Å². The Morgan fingerprint density at radius 2 is 1.74 bits per heavy atom. The number of amides is 2. The van der Waals surface area contributed by atoms with E-state index in [-0.39, 0.29) is 41.3 Å². The topological polar surface area (TPSA) is 49.4 Å². The van der Waals surface area contributed by atoms with Gasteiger partial charge in [0, 0.05) is 6.04 Å². The molecule has 0 saturated carbocycles. The van der Waals surface area contributed by atoms with Crippen LogP contribution in [0.4, 0.5) is 0 Å². The Morgan fingerprint density at radius 1 is 1.21 bits per heavy atom. The molecule has 0 radical (unpaired) electrons. The highest BCUT2D eigenvalue weighted by atomic mass is 16.2. The molecule has 1 aliphatic rings. The standard InChI is InChI=1S/C15H28N2O2/c1-8-11-13(18)16-12(9(2)3)14(19)17(11)10(4)15(5,6)7/h9-12H,8H2,1-7H3,(H,16,18). The third kappa shape index (κ3) is 3.10. The maximum Gasteiger partial charge on any atom is 0.246 e. The average Bonchev–Trinajstić information content (AvgIpc) is 2.28. The van der Waals surface area contributed by atoms with Crippen molar-refractivity contribution in [2.75, 3.05) is 0 Å². The first-order valence-electron chi connectivity index (χ1n) is 7.23. The van der Waals surface area contributed by atoms with E-state index >= 15 is 0 Å². The van der Waals surface area contributed by atoms with Gasteiger partial charge in [-0.2, -0.15) is 0 Å². The van der Waals surface area contributed by atoms with Crippen molar-refractivity contribution in [3.8, 4) is 0 Å². The van der Waals surface area contributed by atoms with Crippen molar-refractivity contribution < 1.29 is 9.59 Å². The number of carbonyl (C=O) groups excluding carboxylic acids is 2. The maximum absolute atomic E-state index is 12.7. The van der Waals surface area contributed by atoms with Crippen molar-refractivity contribution in [2.24, 2.45) is 11.3 Å². The van der Waals surface area contributed by atoms with Crippen LogP contribution in [0.5, 0.6) is 0 Å². The van der Waals surface area contributed by atoms with Crippen molar-refractivity contribution in [1.29, 1.82) is 0 Å². The number of hydrogen-bond donors (Lipinski definition) is 1. The first-order valence-corrected chi connectivity index (χ1v) is 7.23. The van der Waals surface area contributed by atoms with Gasteiger partial charge in [0.1, 0.15) is 12.1 Å². The monoisotopic (exact) mass is 268 g/mol. The minimum Gasteiger partial charge on any atom is -0.342 e. The summed E-state index contributed by atoms with van der Waals surface area (Å²) in [7, 11) is 0. The molecule has 3 atom stereocenters. The highest BCUT2D eigenvalue weighted by Crippen LogP contribution is 2.29. The molecule has 0 spiro atoms. The molecule has 110 valence electrons. The van der Waals surface area contributed by atoms with Crippen LogP contribution >= 0.6 is 0 Å². The molecular formula is C15H28N2O2. The van der Waals surface area contributed by atoms with Gasteiger partial charge in [-0.05, 0) is 24.7 Å². The Morgan fingerprint density at radius 3 is 2.11 bits per heavy atom. The molecule has 1 heterocycles. The fraction of sp³-hybridized carbons (Fsp3) is 0.867. The molecule has 1 fully saturated rings. The second-order valence-electron chi connectivity index (χ2n) is 6.94. The molecule has 1 rings (SSSR count).